The second kappa shape index (κ2) is 7.81. The number of hydrogen-bond acceptors (Lipinski definition) is 5. The van der Waals surface area contributed by atoms with Crippen molar-refractivity contribution < 1.29 is 9.13 Å². The van der Waals surface area contributed by atoms with E-state index in [-0.39, 0.29) is 17.4 Å². The van der Waals surface area contributed by atoms with Crippen molar-refractivity contribution in [3.63, 3.8) is 0 Å². The number of hydrogen-bond donors (Lipinski definition) is 1. The van der Waals surface area contributed by atoms with Crippen LogP contribution < -0.4 is 10.9 Å². The highest BCUT2D eigenvalue weighted by Crippen LogP contribution is 2.31. The Balaban J connectivity index is 1.53. The smallest absolute Gasteiger partial charge is 0.255 e. The van der Waals surface area contributed by atoms with Gasteiger partial charge in [-0.25, -0.2) is 4.39 Å². The summed E-state index contributed by atoms with van der Waals surface area (Å²) in [5.74, 6) is 0.968. The highest BCUT2D eigenvalue weighted by atomic mass is 19.1. The van der Waals surface area contributed by atoms with Gasteiger partial charge in [-0.2, -0.15) is 0 Å². The quantitative estimate of drug-likeness (QED) is 0.548. The Morgan fingerprint density at radius 3 is 2.74 bits per heavy atom. The van der Waals surface area contributed by atoms with E-state index in [0.29, 0.717) is 25.0 Å². The number of nitrogens with zero attached hydrogens (tertiary/aromatic N) is 4. The fourth-order valence-corrected chi connectivity index (χ4v) is 3.76. The van der Waals surface area contributed by atoms with Gasteiger partial charge in [-0.15, -0.1) is 10.2 Å². The predicted molar refractivity (Wildman–Crippen MR) is 114 cm³/mol. The summed E-state index contributed by atoms with van der Waals surface area (Å²) in [7, 11) is 0. The van der Waals surface area contributed by atoms with Gasteiger partial charge in [-0.3, -0.25) is 13.9 Å². The van der Waals surface area contributed by atoms with Crippen molar-refractivity contribution in [3.05, 3.63) is 100.0 Å². The maximum atomic E-state index is 13.4. The lowest BCUT2D eigenvalue weighted by atomic mass is 10.1. The van der Waals surface area contributed by atoms with Crippen molar-refractivity contribution in [1.82, 2.24) is 19.3 Å². The van der Waals surface area contributed by atoms with Crippen LogP contribution in [0.1, 0.15) is 23.0 Å². The van der Waals surface area contributed by atoms with Crippen molar-refractivity contribution in [3.8, 4) is 5.69 Å². The minimum Gasteiger partial charge on any atom is -0.371 e. The van der Waals surface area contributed by atoms with E-state index >= 15 is 0 Å². The number of halogens is 1. The Hall–Kier alpha value is -3.78. The first kappa shape index (κ1) is 19.2. The summed E-state index contributed by atoms with van der Waals surface area (Å²) in [6, 6.07) is 17.0. The standard InChI is InChI=1S/C23H20FN5O2/c1-15-5-10-18(28-11-3-2-4-22(28)30)12-19(15)25-23-27-26-21-14-31-13-20(29(21)23)16-6-8-17(24)9-7-16/h2-12,20H,13-14H2,1H3,(H,25,27)/t20-/m0/s1. The Bertz CT molecular complexity index is 1300. The van der Waals surface area contributed by atoms with Crippen molar-refractivity contribution in [2.24, 2.45) is 0 Å². The molecule has 0 saturated carbocycles. The molecule has 1 atom stereocenters. The minimum absolute atomic E-state index is 0.106. The fraction of sp³-hybridized carbons (Fsp3) is 0.174. The Kier molecular flexibility index (Phi) is 4.83. The van der Waals surface area contributed by atoms with E-state index in [1.807, 2.05) is 35.8 Å². The average molecular weight is 417 g/mol. The van der Waals surface area contributed by atoms with Gasteiger partial charge in [-0.05, 0) is 48.4 Å². The predicted octanol–water partition coefficient (Wildman–Crippen LogP) is 3.74. The summed E-state index contributed by atoms with van der Waals surface area (Å²) in [4.78, 5) is 12.2. The molecule has 3 heterocycles. The second-order valence-corrected chi connectivity index (χ2v) is 7.43. The van der Waals surface area contributed by atoms with Crippen LogP contribution in [0.25, 0.3) is 5.69 Å². The first-order chi connectivity index (χ1) is 15.1. The van der Waals surface area contributed by atoms with Gasteiger partial charge in [0.2, 0.25) is 5.95 Å². The third-order valence-corrected chi connectivity index (χ3v) is 5.41. The Morgan fingerprint density at radius 1 is 1.10 bits per heavy atom. The zero-order valence-electron chi connectivity index (χ0n) is 16.8. The highest BCUT2D eigenvalue weighted by molar-refractivity contribution is 5.62. The molecule has 4 aromatic rings. The first-order valence-electron chi connectivity index (χ1n) is 9.93. The van der Waals surface area contributed by atoms with E-state index in [1.54, 1.807) is 29.0 Å². The van der Waals surface area contributed by atoms with Gasteiger partial charge in [-0.1, -0.05) is 24.3 Å². The van der Waals surface area contributed by atoms with Gasteiger partial charge >= 0.3 is 0 Å². The van der Waals surface area contributed by atoms with E-state index in [4.69, 9.17) is 4.74 Å². The number of aryl methyl sites for hydroxylation is 1. The molecule has 2 aromatic carbocycles. The van der Waals surface area contributed by atoms with Gasteiger partial charge < -0.3 is 10.1 Å². The molecule has 0 aliphatic carbocycles. The highest BCUT2D eigenvalue weighted by Gasteiger charge is 2.27. The Morgan fingerprint density at radius 2 is 1.94 bits per heavy atom. The van der Waals surface area contributed by atoms with Crippen LogP contribution in [0.3, 0.4) is 0 Å². The fourth-order valence-electron chi connectivity index (χ4n) is 3.76. The molecule has 0 unspecified atom stereocenters. The van der Waals surface area contributed by atoms with Crippen LogP contribution in [0.2, 0.25) is 0 Å². The number of anilines is 2. The van der Waals surface area contributed by atoms with Crippen LogP contribution in [0.5, 0.6) is 0 Å². The van der Waals surface area contributed by atoms with Crippen molar-refractivity contribution in [2.45, 2.75) is 19.6 Å². The number of benzene rings is 2. The van der Waals surface area contributed by atoms with Gasteiger partial charge in [0.1, 0.15) is 12.4 Å². The number of pyridine rings is 1. The summed E-state index contributed by atoms with van der Waals surface area (Å²) in [6.45, 7) is 2.77. The zero-order chi connectivity index (χ0) is 21.4. The maximum absolute atomic E-state index is 13.4. The maximum Gasteiger partial charge on any atom is 0.255 e. The van der Waals surface area contributed by atoms with Gasteiger partial charge in [0.25, 0.3) is 5.56 Å². The normalized spacial score (nSPS) is 15.5. The monoisotopic (exact) mass is 417 g/mol. The largest absolute Gasteiger partial charge is 0.371 e. The van der Waals surface area contributed by atoms with Crippen LogP contribution in [0.15, 0.2) is 71.7 Å². The molecule has 31 heavy (non-hydrogen) atoms. The van der Waals surface area contributed by atoms with E-state index in [2.05, 4.69) is 15.5 Å². The summed E-state index contributed by atoms with van der Waals surface area (Å²) in [6.07, 6.45) is 1.73. The van der Waals surface area contributed by atoms with Crippen molar-refractivity contribution >= 4 is 11.6 Å². The number of aromatic nitrogens is 4. The molecule has 1 aliphatic rings. The number of fused-ring (bicyclic) bond motifs is 1. The van der Waals surface area contributed by atoms with Crippen LogP contribution in [-0.4, -0.2) is 25.9 Å². The molecule has 2 aromatic heterocycles. The van der Waals surface area contributed by atoms with Crippen LogP contribution in [0, 0.1) is 12.7 Å². The molecule has 0 radical (unpaired) electrons. The van der Waals surface area contributed by atoms with Gasteiger partial charge in [0.15, 0.2) is 5.82 Å². The SMILES string of the molecule is Cc1ccc(-n2ccccc2=O)cc1Nc1nnc2n1[C@H](c1ccc(F)cc1)COC2. The van der Waals surface area contributed by atoms with Crippen molar-refractivity contribution in [2.75, 3.05) is 11.9 Å². The number of nitrogens with one attached hydrogen (secondary N) is 1. The molecule has 0 amide bonds. The Labute approximate surface area is 177 Å². The summed E-state index contributed by atoms with van der Waals surface area (Å²) < 4.78 is 22.7. The topological polar surface area (TPSA) is 74.0 Å². The molecular weight excluding hydrogens is 397 g/mol. The molecule has 156 valence electrons. The lowest BCUT2D eigenvalue weighted by Gasteiger charge is -2.27. The molecular formula is C23H20FN5O2. The zero-order valence-corrected chi connectivity index (χ0v) is 16.8. The summed E-state index contributed by atoms with van der Waals surface area (Å²) >= 11 is 0. The van der Waals surface area contributed by atoms with Crippen molar-refractivity contribution in [1.29, 1.82) is 0 Å². The van der Waals surface area contributed by atoms with Gasteiger partial charge in [0.05, 0.1) is 18.3 Å². The van der Waals surface area contributed by atoms with E-state index < -0.39 is 0 Å². The van der Waals surface area contributed by atoms with Crippen LogP contribution >= 0.6 is 0 Å². The lowest BCUT2D eigenvalue weighted by Crippen LogP contribution is -2.26. The third-order valence-electron chi connectivity index (χ3n) is 5.41. The third kappa shape index (κ3) is 3.62. The van der Waals surface area contributed by atoms with E-state index in [9.17, 15) is 9.18 Å². The first-order valence-corrected chi connectivity index (χ1v) is 9.93. The molecule has 0 bridgehead atoms. The minimum atomic E-state index is -0.286. The van der Waals surface area contributed by atoms with E-state index in [1.165, 1.54) is 18.2 Å². The van der Waals surface area contributed by atoms with E-state index in [0.717, 1.165) is 22.5 Å². The second-order valence-electron chi connectivity index (χ2n) is 7.43. The molecule has 1 aliphatic heterocycles. The molecule has 8 heteroatoms. The van der Waals surface area contributed by atoms with Crippen LogP contribution in [0.4, 0.5) is 16.0 Å². The number of rotatable bonds is 4. The summed E-state index contributed by atoms with van der Waals surface area (Å²) in [5, 5.41) is 12.0. The lowest BCUT2D eigenvalue weighted by molar-refractivity contribution is 0.0670. The molecule has 0 fully saturated rings. The molecule has 0 spiro atoms. The molecule has 0 saturated heterocycles. The molecule has 7 nitrogen and oxygen atoms in total. The average Bonchev–Trinajstić information content (AvgIpc) is 3.19. The summed E-state index contributed by atoms with van der Waals surface area (Å²) in [5.41, 5.74) is 3.36. The van der Waals surface area contributed by atoms with Gasteiger partial charge in [0, 0.05) is 18.0 Å². The number of ether oxygens (including phenoxy) is 1. The van der Waals surface area contributed by atoms with Crippen LogP contribution in [-0.2, 0) is 11.3 Å². The molecule has 5 rings (SSSR count). The molecule has 1 N–H and O–H groups in total.